The molecule has 1 aromatic carbocycles. The predicted octanol–water partition coefficient (Wildman–Crippen LogP) is 1.06. The fraction of sp³-hybridized carbons (Fsp3) is 0.0833. The molecule has 0 saturated carbocycles. The summed E-state index contributed by atoms with van der Waals surface area (Å²) in [6.07, 6.45) is 0. The summed E-state index contributed by atoms with van der Waals surface area (Å²) in [7, 11) is 0. The number of nitrogens with zero attached hydrogens (tertiary/aromatic N) is 1. The fourth-order valence-corrected chi connectivity index (χ4v) is 1.60. The quantitative estimate of drug-likeness (QED) is 0.328. The SMILES string of the molecule is CC(=NNC(N)=S)c1cc2ccc(O)cc2oc1=O. The first-order valence-corrected chi connectivity index (χ1v) is 5.75. The van der Waals surface area contributed by atoms with Crippen LogP contribution in [0.15, 0.2) is 38.6 Å². The Bertz CT molecular complexity index is 737. The summed E-state index contributed by atoms with van der Waals surface area (Å²) >= 11 is 4.62. The highest BCUT2D eigenvalue weighted by Gasteiger charge is 2.09. The van der Waals surface area contributed by atoms with Crippen LogP contribution in [0.5, 0.6) is 5.75 Å². The van der Waals surface area contributed by atoms with E-state index in [1.165, 1.54) is 12.1 Å². The monoisotopic (exact) mass is 277 g/mol. The third-order valence-electron chi connectivity index (χ3n) is 2.44. The molecule has 0 unspecified atom stereocenters. The fourth-order valence-electron chi connectivity index (χ4n) is 1.55. The van der Waals surface area contributed by atoms with E-state index in [9.17, 15) is 9.90 Å². The summed E-state index contributed by atoms with van der Waals surface area (Å²) in [5, 5.41) is 13.9. The van der Waals surface area contributed by atoms with Crippen molar-refractivity contribution in [1.29, 1.82) is 0 Å². The number of nitrogens with two attached hydrogens (primary N) is 1. The molecule has 0 spiro atoms. The zero-order chi connectivity index (χ0) is 14.0. The lowest BCUT2D eigenvalue weighted by molar-refractivity contribution is 0.473. The third-order valence-corrected chi connectivity index (χ3v) is 2.53. The van der Waals surface area contributed by atoms with Crippen LogP contribution in [0.2, 0.25) is 0 Å². The standard InChI is InChI=1S/C12H11N3O3S/c1-6(14-15-12(13)19)9-4-7-2-3-8(16)5-10(7)18-11(9)17/h2-5,16H,1H3,(H3,13,15,19). The van der Waals surface area contributed by atoms with Crippen molar-refractivity contribution in [3.05, 3.63) is 40.2 Å². The molecule has 0 amide bonds. The topological polar surface area (TPSA) is 101 Å². The van der Waals surface area contributed by atoms with E-state index in [4.69, 9.17) is 10.2 Å². The van der Waals surface area contributed by atoms with Crippen LogP contribution in [-0.4, -0.2) is 15.9 Å². The van der Waals surface area contributed by atoms with Crippen molar-refractivity contribution >= 4 is 34.0 Å². The van der Waals surface area contributed by atoms with Gasteiger partial charge < -0.3 is 15.3 Å². The van der Waals surface area contributed by atoms with Gasteiger partial charge in [-0.1, -0.05) is 0 Å². The van der Waals surface area contributed by atoms with E-state index in [1.807, 2.05) is 0 Å². The number of phenols is 1. The molecule has 2 aromatic rings. The smallest absolute Gasteiger partial charge is 0.345 e. The van der Waals surface area contributed by atoms with Crippen molar-refractivity contribution in [3.8, 4) is 5.75 Å². The lowest BCUT2D eigenvalue weighted by Crippen LogP contribution is -2.26. The first-order chi connectivity index (χ1) is 8.97. The minimum atomic E-state index is -0.552. The molecular formula is C12H11N3O3S. The number of thiocarbonyl (C=S) groups is 1. The van der Waals surface area contributed by atoms with Gasteiger partial charge in [0, 0.05) is 11.5 Å². The molecule has 7 heteroatoms. The average Bonchev–Trinajstić information content (AvgIpc) is 2.35. The van der Waals surface area contributed by atoms with Crippen molar-refractivity contribution in [2.24, 2.45) is 10.8 Å². The molecule has 0 radical (unpaired) electrons. The van der Waals surface area contributed by atoms with Gasteiger partial charge in [0.1, 0.15) is 11.3 Å². The number of hydrogen-bond acceptors (Lipinski definition) is 5. The van der Waals surface area contributed by atoms with Gasteiger partial charge >= 0.3 is 5.63 Å². The van der Waals surface area contributed by atoms with Crippen LogP contribution in [-0.2, 0) is 0 Å². The van der Waals surface area contributed by atoms with Crippen LogP contribution in [0, 0.1) is 0 Å². The lowest BCUT2D eigenvalue weighted by Gasteiger charge is -2.03. The number of rotatable bonds is 2. The zero-order valence-electron chi connectivity index (χ0n) is 10.0. The molecule has 0 saturated heterocycles. The highest BCUT2D eigenvalue weighted by atomic mass is 32.1. The van der Waals surface area contributed by atoms with E-state index >= 15 is 0 Å². The second-order valence-electron chi connectivity index (χ2n) is 3.84. The van der Waals surface area contributed by atoms with Crippen LogP contribution < -0.4 is 16.8 Å². The summed E-state index contributed by atoms with van der Waals surface area (Å²) in [6, 6.07) is 6.15. The van der Waals surface area contributed by atoms with Gasteiger partial charge in [-0.3, -0.25) is 5.43 Å². The van der Waals surface area contributed by atoms with Gasteiger partial charge in [-0.15, -0.1) is 0 Å². The molecule has 0 aliphatic rings. The summed E-state index contributed by atoms with van der Waals surface area (Å²) < 4.78 is 5.11. The van der Waals surface area contributed by atoms with Gasteiger partial charge in [0.2, 0.25) is 0 Å². The van der Waals surface area contributed by atoms with Gasteiger partial charge in [-0.05, 0) is 37.3 Å². The van der Waals surface area contributed by atoms with Crippen molar-refractivity contribution in [2.75, 3.05) is 0 Å². The zero-order valence-corrected chi connectivity index (χ0v) is 10.8. The maximum atomic E-state index is 11.8. The van der Waals surface area contributed by atoms with Gasteiger partial charge in [0.25, 0.3) is 0 Å². The predicted molar refractivity (Wildman–Crippen MR) is 76.3 cm³/mol. The van der Waals surface area contributed by atoms with Gasteiger partial charge in [0.15, 0.2) is 5.11 Å². The van der Waals surface area contributed by atoms with Crippen molar-refractivity contribution < 1.29 is 9.52 Å². The first kappa shape index (κ1) is 13.0. The van der Waals surface area contributed by atoms with E-state index in [0.29, 0.717) is 22.2 Å². The Labute approximate surface area is 113 Å². The highest BCUT2D eigenvalue weighted by Crippen LogP contribution is 2.19. The molecule has 0 aliphatic heterocycles. The number of aromatic hydroxyl groups is 1. The molecule has 19 heavy (non-hydrogen) atoms. The molecule has 6 nitrogen and oxygen atoms in total. The van der Waals surface area contributed by atoms with Crippen LogP contribution in [0.25, 0.3) is 11.0 Å². The van der Waals surface area contributed by atoms with Gasteiger partial charge in [-0.25, -0.2) is 4.79 Å². The number of phenolic OH excluding ortho intramolecular Hbond substituents is 1. The van der Waals surface area contributed by atoms with Crippen LogP contribution in [0.4, 0.5) is 0 Å². The molecule has 0 bridgehead atoms. The average molecular weight is 277 g/mol. The van der Waals surface area contributed by atoms with Crippen molar-refractivity contribution in [1.82, 2.24) is 5.43 Å². The Morgan fingerprint density at radius 2 is 2.21 bits per heavy atom. The van der Waals surface area contributed by atoms with E-state index < -0.39 is 5.63 Å². The lowest BCUT2D eigenvalue weighted by atomic mass is 10.1. The largest absolute Gasteiger partial charge is 0.508 e. The summed E-state index contributed by atoms with van der Waals surface area (Å²) in [6.45, 7) is 1.63. The summed E-state index contributed by atoms with van der Waals surface area (Å²) in [5.74, 6) is 0.0314. The molecule has 98 valence electrons. The second kappa shape index (κ2) is 5.07. The maximum absolute atomic E-state index is 11.8. The summed E-state index contributed by atoms with van der Waals surface area (Å²) in [4.78, 5) is 11.8. The molecule has 1 heterocycles. The minimum absolute atomic E-state index is 0.00875. The van der Waals surface area contributed by atoms with Crippen LogP contribution >= 0.6 is 12.2 Å². The molecular weight excluding hydrogens is 266 g/mol. The first-order valence-electron chi connectivity index (χ1n) is 5.34. The number of hydrogen-bond donors (Lipinski definition) is 3. The van der Waals surface area contributed by atoms with E-state index in [2.05, 4.69) is 22.7 Å². The highest BCUT2D eigenvalue weighted by molar-refractivity contribution is 7.80. The Hall–Kier alpha value is -2.41. The molecule has 0 atom stereocenters. The maximum Gasteiger partial charge on any atom is 0.345 e. The van der Waals surface area contributed by atoms with Gasteiger partial charge in [-0.2, -0.15) is 5.10 Å². The number of nitrogens with one attached hydrogen (secondary N) is 1. The number of fused-ring (bicyclic) bond motifs is 1. The Kier molecular flexibility index (Phi) is 3.48. The van der Waals surface area contributed by atoms with E-state index in [0.717, 1.165) is 0 Å². The molecule has 2 rings (SSSR count). The Morgan fingerprint density at radius 1 is 1.47 bits per heavy atom. The third kappa shape index (κ3) is 2.89. The summed E-state index contributed by atoms with van der Waals surface area (Å²) in [5.41, 5.74) is 8.10. The van der Waals surface area contributed by atoms with Gasteiger partial charge in [0.05, 0.1) is 11.3 Å². The van der Waals surface area contributed by atoms with Crippen molar-refractivity contribution in [2.45, 2.75) is 6.92 Å². The molecule has 1 aromatic heterocycles. The minimum Gasteiger partial charge on any atom is -0.508 e. The number of benzene rings is 1. The molecule has 0 fully saturated rings. The number of hydrazone groups is 1. The second-order valence-corrected chi connectivity index (χ2v) is 4.28. The normalized spacial score (nSPS) is 11.5. The molecule has 0 aliphatic carbocycles. The Morgan fingerprint density at radius 3 is 2.89 bits per heavy atom. The van der Waals surface area contributed by atoms with E-state index in [1.54, 1.807) is 19.1 Å². The van der Waals surface area contributed by atoms with E-state index in [-0.39, 0.29) is 10.9 Å². The van der Waals surface area contributed by atoms with Crippen molar-refractivity contribution in [3.63, 3.8) is 0 Å². The van der Waals surface area contributed by atoms with Crippen LogP contribution in [0.3, 0.4) is 0 Å². The Balaban J connectivity index is 2.53. The van der Waals surface area contributed by atoms with Crippen LogP contribution in [0.1, 0.15) is 12.5 Å². The molecule has 4 N–H and O–H groups in total.